The normalized spacial score (nSPS) is 12.8. The number of aromatic nitrogens is 4. The van der Waals surface area contributed by atoms with E-state index in [0.717, 1.165) is 0 Å². The first-order valence-corrected chi connectivity index (χ1v) is 16.2. The standard InChI is InChI=1S/C25H31N7O8Si/c1-41(2,3)9-8-40-24(39)16(22(35)36)10-17(23(37)38)30-20(33)13-4-6-14(7-5-13)27-11-15-12-28-19-18(29-15)21(34)32-25(26)31-19/h4-7,12,16-17,27H,8-11H2,1-3H3,(H,30,33)(H,35,36)(H,37,38)(H3,26,28,31,32,34)/t16?,17-/m0/s1. The number of anilines is 2. The number of nitrogens with one attached hydrogen (secondary N) is 3. The van der Waals surface area contributed by atoms with E-state index in [4.69, 9.17) is 10.5 Å². The molecule has 3 rings (SSSR count). The van der Waals surface area contributed by atoms with Crippen molar-refractivity contribution < 1.29 is 34.1 Å². The lowest BCUT2D eigenvalue weighted by atomic mass is 9.99. The highest BCUT2D eigenvalue weighted by Gasteiger charge is 2.35. The number of ether oxygens (including phenoxy) is 1. The molecule has 2 aromatic heterocycles. The number of aliphatic carboxylic acids is 2. The van der Waals surface area contributed by atoms with Crippen LogP contribution in [0.4, 0.5) is 11.6 Å². The van der Waals surface area contributed by atoms with Gasteiger partial charge in [0.25, 0.3) is 11.5 Å². The quantitative estimate of drug-likeness (QED) is 0.0935. The Morgan fingerprint density at radius 1 is 1.07 bits per heavy atom. The summed E-state index contributed by atoms with van der Waals surface area (Å²) in [5, 5.41) is 24.4. The SMILES string of the molecule is C[Si](C)(C)CCOC(=O)C(C[C@H](NC(=O)c1ccc(NCc2cnc3nc(N)[nH]c(=O)c3n2)cc1)C(=O)O)C(=O)O. The summed E-state index contributed by atoms with van der Waals surface area (Å²) in [6, 6.07) is 4.95. The number of H-pyrrole nitrogens is 1. The predicted molar refractivity (Wildman–Crippen MR) is 150 cm³/mol. The second-order valence-electron chi connectivity index (χ2n) is 10.4. The zero-order chi connectivity index (χ0) is 30.3. The van der Waals surface area contributed by atoms with Gasteiger partial charge in [-0.2, -0.15) is 4.98 Å². The van der Waals surface area contributed by atoms with Crippen LogP contribution in [0.3, 0.4) is 0 Å². The Labute approximate surface area is 234 Å². The molecule has 0 spiro atoms. The van der Waals surface area contributed by atoms with Crippen molar-refractivity contribution in [3.05, 3.63) is 52.1 Å². The number of hydrogen-bond donors (Lipinski definition) is 6. The molecule has 1 unspecified atom stereocenters. The lowest BCUT2D eigenvalue weighted by molar-refractivity contribution is -0.159. The number of nitrogens with zero attached hydrogens (tertiary/aromatic N) is 3. The maximum absolute atomic E-state index is 12.7. The summed E-state index contributed by atoms with van der Waals surface area (Å²) in [6.45, 7) is 6.41. The van der Waals surface area contributed by atoms with Gasteiger partial charge in [-0.25, -0.2) is 14.8 Å². The zero-order valence-corrected chi connectivity index (χ0v) is 23.6. The number of aromatic amines is 1. The Morgan fingerprint density at radius 3 is 2.37 bits per heavy atom. The van der Waals surface area contributed by atoms with E-state index in [9.17, 15) is 34.2 Å². The molecule has 16 heteroatoms. The van der Waals surface area contributed by atoms with Crippen molar-refractivity contribution in [2.24, 2.45) is 5.92 Å². The van der Waals surface area contributed by atoms with Crippen LogP contribution in [-0.4, -0.2) is 74.7 Å². The first-order chi connectivity index (χ1) is 19.2. The molecule has 2 atom stereocenters. The number of carboxylic acids is 2. The Kier molecular flexibility index (Phi) is 9.72. The maximum Gasteiger partial charge on any atom is 0.326 e. The molecular weight excluding hydrogens is 554 g/mol. The van der Waals surface area contributed by atoms with Crippen LogP contribution in [0.1, 0.15) is 22.5 Å². The molecule has 0 saturated heterocycles. The van der Waals surface area contributed by atoms with Gasteiger partial charge in [-0.3, -0.25) is 24.2 Å². The molecule has 1 amide bonds. The fourth-order valence-corrected chi connectivity index (χ4v) is 4.26. The van der Waals surface area contributed by atoms with Gasteiger partial charge in [-0.1, -0.05) is 19.6 Å². The van der Waals surface area contributed by atoms with Gasteiger partial charge in [-0.05, 0) is 30.3 Å². The Hall–Kier alpha value is -4.86. The third-order valence-electron chi connectivity index (χ3n) is 5.86. The lowest BCUT2D eigenvalue weighted by Gasteiger charge is -2.20. The summed E-state index contributed by atoms with van der Waals surface area (Å²) in [5.74, 6) is -6.68. The van der Waals surface area contributed by atoms with Crippen LogP contribution < -0.4 is 21.9 Å². The molecule has 0 bridgehead atoms. The number of nitrogen functional groups attached to an aromatic ring is 1. The second-order valence-corrected chi connectivity index (χ2v) is 16.0. The number of hydrogen-bond acceptors (Lipinski definition) is 11. The number of fused-ring (bicyclic) bond motifs is 1. The van der Waals surface area contributed by atoms with Crippen LogP contribution in [-0.2, 0) is 25.7 Å². The van der Waals surface area contributed by atoms with E-state index in [1.54, 1.807) is 12.1 Å². The van der Waals surface area contributed by atoms with E-state index in [0.29, 0.717) is 17.4 Å². The predicted octanol–water partition coefficient (Wildman–Crippen LogP) is 1.06. The highest BCUT2D eigenvalue weighted by Crippen LogP contribution is 2.15. The molecule has 7 N–H and O–H groups in total. The number of carboxylic acid groups (broad SMARTS) is 2. The molecule has 0 aliphatic rings. The first kappa shape index (κ1) is 30.7. The van der Waals surface area contributed by atoms with Gasteiger partial charge in [0.1, 0.15) is 6.04 Å². The van der Waals surface area contributed by atoms with Crippen molar-refractivity contribution in [1.82, 2.24) is 25.3 Å². The van der Waals surface area contributed by atoms with Crippen molar-refractivity contribution in [3.8, 4) is 0 Å². The smallest absolute Gasteiger partial charge is 0.326 e. The van der Waals surface area contributed by atoms with E-state index in [1.165, 1.54) is 18.3 Å². The fraction of sp³-hybridized carbons (Fsp3) is 0.360. The molecule has 0 saturated carbocycles. The molecule has 0 aliphatic carbocycles. The van der Waals surface area contributed by atoms with Crippen molar-refractivity contribution in [2.75, 3.05) is 17.7 Å². The molecule has 15 nitrogen and oxygen atoms in total. The molecule has 2 heterocycles. The van der Waals surface area contributed by atoms with Crippen LogP contribution in [0, 0.1) is 5.92 Å². The van der Waals surface area contributed by atoms with Crippen LogP contribution in [0.5, 0.6) is 0 Å². The van der Waals surface area contributed by atoms with Gasteiger partial charge in [0, 0.05) is 25.7 Å². The summed E-state index contributed by atoms with van der Waals surface area (Å²) in [4.78, 5) is 75.1. The van der Waals surface area contributed by atoms with Crippen LogP contribution in [0.25, 0.3) is 11.2 Å². The molecule has 0 aliphatic heterocycles. The summed E-state index contributed by atoms with van der Waals surface area (Å²) >= 11 is 0. The van der Waals surface area contributed by atoms with Crippen molar-refractivity contribution in [1.29, 1.82) is 0 Å². The van der Waals surface area contributed by atoms with Gasteiger partial charge in [-0.15, -0.1) is 0 Å². The molecule has 41 heavy (non-hydrogen) atoms. The average Bonchev–Trinajstić information content (AvgIpc) is 2.88. The summed E-state index contributed by atoms with van der Waals surface area (Å²) < 4.78 is 5.08. The molecule has 3 aromatic rings. The monoisotopic (exact) mass is 585 g/mol. The minimum Gasteiger partial charge on any atom is -0.481 e. The number of nitrogens with two attached hydrogens (primary N) is 1. The maximum atomic E-state index is 12.7. The Bertz CT molecular complexity index is 1500. The van der Waals surface area contributed by atoms with E-state index in [-0.39, 0.29) is 35.8 Å². The van der Waals surface area contributed by atoms with Gasteiger partial charge in [0.05, 0.1) is 25.0 Å². The first-order valence-electron chi connectivity index (χ1n) is 12.5. The van der Waals surface area contributed by atoms with E-state index in [1.807, 2.05) is 0 Å². The Morgan fingerprint density at radius 2 is 1.76 bits per heavy atom. The topological polar surface area (TPSA) is 240 Å². The number of carbonyl (C=O) groups excluding carboxylic acids is 2. The van der Waals surface area contributed by atoms with Crippen molar-refractivity contribution in [3.63, 3.8) is 0 Å². The molecular formula is C25H31N7O8Si. The second kappa shape index (κ2) is 13.0. The number of benzene rings is 1. The van der Waals surface area contributed by atoms with E-state index < -0.39 is 55.8 Å². The Balaban J connectivity index is 1.61. The molecule has 1 aromatic carbocycles. The van der Waals surface area contributed by atoms with Gasteiger partial charge >= 0.3 is 17.9 Å². The number of rotatable bonds is 13. The highest BCUT2D eigenvalue weighted by molar-refractivity contribution is 6.76. The van der Waals surface area contributed by atoms with E-state index >= 15 is 0 Å². The number of carbonyl (C=O) groups is 4. The number of amides is 1. The number of esters is 1. The summed E-state index contributed by atoms with van der Waals surface area (Å²) in [6.07, 6.45) is 0.751. The lowest BCUT2D eigenvalue weighted by Crippen LogP contribution is -2.44. The van der Waals surface area contributed by atoms with Crippen LogP contribution in [0.15, 0.2) is 35.3 Å². The zero-order valence-electron chi connectivity index (χ0n) is 22.6. The third-order valence-corrected chi connectivity index (χ3v) is 7.56. The van der Waals surface area contributed by atoms with Gasteiger partial charge < -0.3 is 31.3 Å². The average molecular weight is 586 g/mol. The minimum absolute atomic E-state index is 0.0310. The third kappa shape index (κ3) is 8.82. The van der Waals surface area contributed by atoms with Gasteiger partial charge in [0.15, 0.2) is 17.1 Å². The summed E-state index contributed by atoms with van der Waals surface area (Å²) in [5.41, 5.74) is 6.24. The minimum atomic E-state index is -1.76. The van der Waals surface area contributed by atoms with Crippen LogP contribution >= 0.6 is 0 Å². The van der Waals surface area contributed by atoms with Crippen molar-refractivity contribution >= 4 is 54.7 Å². The summed E-state index contributed by atoms with van der Waals surface area (Å²) in [7, 11) is -1.54. The van der Waals surface area contributed by atoms with Gasteiger partial charge in [0.2, 0.25) is 5.95 Å². The molecule has 0 fully saturated rings. The fourth-order valence-electron chi connectivity index (χ4n) is 3.54. The largest absolute Gasteiger partial charge is 0.481 e. The molecule has 0 radical (unpaired) electrons. The molecule has 218 valence electrons. The highest BCUT2D eigenvalue weighted by atomic mass is 28.3. The van der Waals surface area contributed by atoms with E-state index in [2.05, 4.69) is 50.2 Å². The van der Waals surface area contributed by atoms with Crippen LogP contribution in [0.2, 0.25) is 25.7 Å². The van der Waals surface area contributed by atoms with Crippen molar-refractivity contribution in [2.45, 2.75) is 44.7 Å².